The van der Waals surface area contributed by atoms with Crippen molar-refractivity contribution in [2.75, 3.05) is 0 Å². The molecule has 0 saturated heterocycles. The first-order valence-corrected chi connectivity index (χ1v) is 8.92. The van der Waals surface area contributed by atoms with Crippen LogP contribution in [0.1, 0.15) is 4.88 Å². The van der Waals surface area contributed by atoms with Crippen LogP contribution in [0.4, 0.5) is 0 Å². The lowest BCUT2D eigenvalue weighted by Crippen LogP contribution is -2.17. The van der Waals surface area contributed by atoms with Crippen molar-refractivity contribution in [3.63, 3.8) is 0 Å². The van der Waals surface area contributed by atoms with Gasteiger partial charge < -0.3 is 4.57 Å². The number of aryl methyl sites for hydroxylation is 2. The van der Waals surface area contributed by atoms with E-state index in [1.165, 1.54) is 4.88 Å². The number of nitrogens with zero attached hydrogens (tertiary/aromatic N) is 2. The molecule has 0 bridgehead atoms. The molecule has 0 fully saturated rings. The maximum Gasteiger partial charge on any atom is 0.255 e. The fourth-order valence-corrected chi connectivity index (χ4v) is 4.02. The molecule has 0 amide bonds. The van der Waals surface area contributed by atoms with Gasteiger partial charge >= 0.3 is 0 Å². The van der Waals surface area contributed by atoms with Crippen molar-refractivity contribution in [3.8, 4) is 5.69 Å². The monoisotopic (exact) mass is 354 g/mol. The third-order valence-corrected chi connectivity index (χ3v) is 5.36. The third-order valence-electron chi connectivity index (χ3n) is 4.07. The van der Waals surface area contributed by atoms with E-state index in [1.807, 2.05) is 54.7 Å². The second-order valence-electron chi connectivity index (χ2n) is 5.58. The molecule has 0 saturated carbocycles. The Kier molecular flexibility index (Phi) is 4.00. The summed E-state index contributed by atoms with van der Waals surface area (Å²) in [6.07, 6.45) is 2.96. The van der Waals surface area contributed by atoms with E-state index in [9.17, 15) is 4.79 Å². The molecule has 0 aliphatic heterocycles. The molecule has 3 nitrogen and oxygen atoms in total. The van der Waals surface area contributed by atoms with E-state index in [0.717, 1.165) is 34.0 Å². The van der Waals surface area contributed by atoms with Crippen molar-refractivity contribution in [2.45, 2.75) is 13.0 Å². The number of fused-ring (bicyclic) bond motifs is 1. The number of thiophene rings is 1. The molecule has 0 aliphatic carbocycles. The van der Waals surface area contributed by atoms with E-state index in [-0.39, 0.29) is 5.56 Å². The van der Waals surface area contributed by atoms with Gasteiger partial charge in [0.15, 0.2) is 0 Å². The van der Waals surface area contributed by atoms with Gasteiger partial charge in [-0.15, -0.1) is 11.3 Å². The molecule has 1 aromatic carbocycles. The average Bonchev–Trinajstić information content (AvgIpc) is 3.19. The zero-order chi connectivity index (χ0) is 16.5. The SMILES string of the molecule is O=c1ccc2c(ccn2CCc2ccc(Cl)s2)n1-c1ccccc1. The summed E-state index contributed by atoms with van der Waals surface area (Å²) in [4.78, 5) is 13.6. The second kappa shape index (κ2) is 6.30. The number of hydrogen-bond donors (Lipinski definition) is 0. The highest BCUT2D eigenvalue weighted by atomic mass is 35.5. The summed E-state index contributed by atoms with van der Waals surface area (Å²) in [5.41, 5.74) is 2.85. The van der Waals surface area contributed by atoms with Crippen LogP contribution in [-0.2, 0) is 13.0 Å². The summed E-state index contributed by atoms with van der Waals surface area (Å²) in [5, 5.41) is 0. The minimum atomic E-state index is -0.0171. The van der Waals surface area contributed by atoms with Crippen molar-refractivity contribution in [1.29, 1.82) is 0 Å². The number of halogens is 1. The van der Waals surface area contributed by atoms with E-state index in [2.05, 4.69) is 10.6 Å². The van der Waals surface area contributed by atoms with Crippen LogP contribution in [0.5, 0.6) is 0 Å². The van der Waals surface area contributed by atoms with Gasteiger partial charge in [0.1, 0.15) is 0 Å². The van der Waals surface area contributed by atoms with Crippen LogP contribution < -0.4 is 5.56 Å². The van der Waals surface area contributed by atoms with E-state index in [4.69, 9.17) is 11.6 Å². The third kappa shape index (κ3) is 2.79. The van der Waals surface area contributed by atoms with E-state index >= 15 is 0 Å². The summed E-state index contributed by atoms with van der Waals surface area (Å²) in [6.45, 7) is 0.854. The van der Waals surface area contributed by atoms with E-state index in [1.54, 1.807) is 22.0 Å². The summed E-state index contributed by atoms with van der Waals surface area (Å²) in [7, 11) is 0. The topological polar surface area (TPSA) is 26.9 Å². The normalized spacial score (nSPS) is 11.2. The smallest absolute Gasteiger partial charge is 0.255 e. The molecule has 0 radical (unpaired) electrons. The fraction of sp³-hybridized carbons (Fsp3) is 0.105. The van der Waals surface area contributed by atoms with Crippen molar-refractivity contribution in [3.05, 3.63) is 86.4 Å². The van der Waals surface area contributed by atoms with Crippen molar-refractivity contribution in [2.24, 2.45) is 0 Å². The number of hydrogen-bond acceptors (Lipinski definition) is 2. The van der Waals surface area contributed by atoms with Gasteiger partial charge in [-0.1, -0.05) is 29.8 Å². The highest BCUT2D eigenvalue weighted by Gasteiger charge is 2.09. The molecule has 3 aromatic heterocycles. The summed E-state index contributed by atoms with van der Waals surface area (Å²) in [6, 6.07) is 19.3. The van der Waals surface area contributed by atoms with Gasteiger partial charge in [0.05, 0.1) is 15.4 Å². The molecule has 0 aliphatic rings. The van der Waals surface area contributed by atoms with E-state index < -0.39 is 0 Å². The molecule has 4 rings (SSSR count). The quantitative estimate of drug-likeness (QED) is 0.519. The minimum absolute atomic E-state index is 0.0171. The highest BCUT2D eigenvalue weighted by Crippen LogP contribution is 2.23. The molecule has 120 valence electrons. The first kappa shape index (κ1) is 15.2. The fourth-order valence-electron chi connectivity index (χ4n) is 2.94. The van der Waals surface area contributed by atoms with Crippen LogP contribution in [-0.4, -0.2) is 9.13 Å². The van der Waals surface area contributed by atoms with Gasteiger partial charge in [0.25, 0.3) is 5.56 Å². The predicted molar refractivity (Wildman–Crippen MR) is 101 cm³/mol. The summed E-state index contributed by atoms with van der Waals surface area (Å²) >= 11 is 7.61. The van der Waals surface area contributed by atoms with Gasteiger partial charge in [-0.25, -0.2) is 0 Å². The standard InChI is InChI=1S/C19H15ClN2OS/c20-18-8-6-15(24-18)10-12-21-13-11-17-16(21)7-9-19(23)22(17)14-4-2-1-3-5-14/h1-9,11,13H,10,12H2. The molecule has 0 atom stereocenters. The van der Waals surface area contributed by atoms with E-state index in [0.29, 0.717) is 0 Å². The molecule has 4 aromatic rings. The largest absolute Gasteiger partial charge is 0.346 e. The number of rotatable bonds is 4. The molecule has 0 unspecified atom stereocenters. The maximum atomic E-state index is 12.4. The first-order chi connectivity index (χ1) is 11.7. The van der Waals surface area contributed by atoms with Gasteiger partial charge in [-0.3, -0.25) is 9.36 Å². The predicted octanol–water partition coefficient (Wildman–Crippen LogP) is 4.75. The Bertz CT molecular complexity index is 1050. The number of benzene rings is 1. The van der Waals surface area contributed by atoms with Crippen LogP contribution in [0.15, 0.2) is 71.7 Å². The molecule has 3 heterocycles. The van der Waals surface area contributed by atoms with Crippen LogP contribution >= 0.6 is 22.9 Å². The van der Waals surface area contributed by atoms with Crippen molar-refractivity contribution < 1.29 is 0 Å². The van der Waals surface area contributed by atoms with Gasteiger partial charge in [-0.05, 0) is 42.8 Å². The van der Waals surface area contributed by atoms with Crippen LogP contribution in [0.3, 0.4) is 0 Å². The van der Waals surface area contributed by atoms with Crippen LogP contribution in [0.2, 0.25) is 4.34 Å². The minimum Gasteiger partial charge on any atom is -0.346 e. The van der Waals surface area contributed by atoms with Crippen molar-refractivity contribution in [1.82, 2.24) is 9.13 Å². The Morgan fingerprint density at radius 2 is 1.75 bits per heavy atom. The number of aromatic nitrogens is 2. The Morgan fingerprint density at radius 1 is 0.917 bits per heavy atom. The summed E-state index contributed by atoms with van der Waals surface area (Å²) < 4.78 is 4.76. The van der Waals surface area contributed by atoms with Gasteiger partial charge in [-0.2, -0.15) is 0 Å². The van der Waals surface area contributed by atoms with Gasteiger partial charge in [0, 0.05) is 29.4 Å². The van der Waals surface area contributed by atoms with Gasteiger partial charge in [0.2, 0.25) is 0 Å². The first-order valence-electron chi connectivity index (χ1n) is 7.73. The average molecular weight is 355 g/mol. The Morgan fingerprint density at radius 3 is 2.50 bits per heavy atom. The zero-order valence-electron chi connectivity index (χ0n) is 12.9. The molecule has 0 spiro atoms. The zero-order valence-corrected chi connectivity index (χ0v) is 14.4. The number of para-hydroxylation sites is 1. The molecular formula is C19H15ClN2OS. The molecule has 5 heteroatoms. The lowest BCUT2D eigenvalue weighted by atomic mass is 10.3. The molecular weight excluding hydrogens is 340 g/mol. The lowest BCUT2D eigenvalue weighted by Gasteiger charge is -2.09. The highest BCUT2D eigenvalue weighted by molar-refractivity contribution is 7.16. The molecule has 24 heavy (non-hydrogen) atoms. The number of pyridine rings is 1. The second-order valence-corrected chi connectivity index (χ2v) is 7.38. The van der Waals surface area contributed by atoms with Crippen LogP contribution in [0, 0.1) is 0 Å². The van der Waals surface area contributed by atoms with Crippen LogP contribution in [0.25, 0.3) is 16.7 Å². The maximum absolute atomic E-state index is 12.4. The molecule has 0 N–H and O–H groups in total. The lowest BCUT2D eigenvalue weighted by molar-refractivity contribution is 0.729. The summed E-state index contributed by atoms with van der Waals surface area (Å²) in [5.74, 6) is 0. The Balaban J connectivity index is 1.73. The Labute approximate surface area is 148 Å². The Hall–Kier alpha value is -2.30. The van der Waals surface area contributed by atoms with Crippen molar-refractivity contribution >= 4 is 34.0 Å².